The first-order valence-corrected chi connectivity index (χ1v) is 5.76. The van der Waals surface area contributed by atoms with Crippen molar-refractivity contribution >= 4 is 6.08 Å². The topological polar surface area (TPSA) is 39.1 Å². The molecule has 0 fully saturated rings. The van der Waals surface area contributed by atoms with Crippen LogP contribution in [0.25, 0.3) is 6.08 Å². The molecule has 0 amide bonds. The van der Waals surface area contributed by atoms with Crippen LogP contribution in [0.1, 0.15) is 19.0 Å². The Morgan fingerprint density at radius 1 is 1.56 bits per heavy atom. The lowest BCUT2D eigenvalue weighted by Gasteiger charge is -2.02. The summed E-state index contributed by atoms with van der Waals surface area (Å²) in [6, 6.07) is 2.03. The van der Waals surface area contributed by atoms with Crippen molar-refractivity contribution in [3.05, 3.63) is 24.0 Å². The second-order valence-corrected chi connectivity index (χ2v) is 3.58. The molecule has 1 aromatic heterocycles. The van der Waals surface area contributed by atoms with Crippen molar-refractivity contribution in [3.8, 4) is 0 Å². The molecule has 0 saturated carbocycles. The van der Waals surface area contributed by atoms with Gasteiger partial charge in [0.15, 0.2) is 0 Å². The Bertz CT molecular complexity index is 307. The third-order valence-corrected chi connectivity index (χ3v) is 2.22. The Morgan fingerprint density at radius 2 is 2.44 bits per heavy atom. The van der Waals surface area contributed by atoms with E-state index in [1.54, 1.807) is 7.11 Å². The summed E-state index contributed by atoms with van der Waals surface area (Å²) in [5.41, 5.74) is 1.16. The van der Waals surface area contributed by atoms with Crippen LogP contribution in [0, 0.1) is 0 Å². The second kappa shape index (κ2) is 8.07. The summed E-state index contributed by atoms with van der Waals surface area (Å²) in [5.74, 6) is 0. The number of aryl methyl sites for hydroxylation is 1. The van der Waals surface area contributed by atoms with Gasteiger partial charge in [-0.2, -0.15) is 5.10 Å². The maximum atomic E-state index is 4.94. The van der Waals surface area contributed by atoms with Crippen LogP contribution in [-0.4, -0.2) is 36.6 Å². The van der Waals surface area contributed by atoms with Crippen molar-refractivity contribution in [2.24, 2.45) is 0 Å². The molecule has 0 saturated heterocycles. The highest BCUT2D eigenvalue weighted by molar-refractivity contribution is 5.44. The van der Waals surface area contributed by atoms with E-state index in [2.05, 4.69) is 29.5 Å². The lowest BCUT2D eigenvalue weighted by Crippen LogP contribution is -2.18. The van der Waals surface area contributed by atoms with Gasteiger partial charge in [0.25, 0.3) is 0 Å². The van der Waals surface area contributed by atoms with Crippen LogP contribution in [0.4, 0.5) is 0 Å². The Balaban J connectivity index is 2.29. The summed E-state index contributed by atoms with van der Waals surface area (Å²) in [6.07, 6.45) is 7.16. The fraction of sp³-hybridized carbons (Fsp3) is 0.583. The molecule has 0 atom stereocenters. The van der Waals surface area contributed by atoms with E-state index < -0.39 is 0 Å². The predicted octanol–water partition coefficient (Wildman–Crippen LogP) is 1.54. The molecule has 1 heterocycles. The molecule has 0 radical (unpaired) electrons. The number of methoxy groups -OCH3 is 1. The van der Waals surface area contributed by atoms with Gasteiger partial charge in [-0.25, -0.2) is 0 Å². The highest BCUT2D eigenvalue weighted by Crippen LogP contribution is 2.02. The molecule has 0 spiro atoms. The fourth-order valence-corrected chi connectivity index (χ4v) is 1.42. The Morgan fingerprint density at radius 3 is 3.19 bits per heavy atom. The minimum absolute atomic E-state index is 0.752. The van der Waals surface area contributed by atoms with Gasteiger partial charge < -0.3 is 10.1 Å². The molecule has 0 bridgehead atoms. The molecule has 1 aromatic rings. The molecule has 0 aliphatic rings. The minimum Gasteiger partial charge on any atom is -0.383 e. The summed E-state index contributed by atoms with van der Waals surface area (Å²) < 4.78 is 6.96. The normalized spacial score (nSPS) is 11.4. The van der Waals surface area contributed by atoms with E-state index in [0.29, 0.717) is 0 Å². The number of nitrogens with one attached hydrogen (secondary N) is 1. The largest absolute Gasteiger partial charge is 0.383 e. The molecule has 4 nitrogen and oxygen atoms in total. The average Bonchev–Trinajstić information content (AvgIpc) is 2.72. The quantitative estimate of drug-likeness (QED) is 0.679. The third-order valence-electron chi connectivity index (χ3n) is 2.22. The number of ether oxygens (including phenoxy) is 1. The Hall–Kier alpha value is -1.13. The number of nitrogens with zero attached hydrogens (tertiary/aromatic N) is 2. The molecule has 90 valence electrons. The van der Waals surface area contributed by atoms with Crippen molar-refractivity contribution in [1.82, 2.24) is 15.1 Å². The standard InChI is InChI=1S/C12H21N3O/c1-3-10-15-12(6-8-14-15)5-4-7-13-9-11-16-2/h4-6,8,13H,3,7,9-11H2,1-2H3/b5-4+. The van der Waals surface area contributed by atoms with Crippen LogP contribution in [-0.2, 0) is 11.3 Å². The van der Waals surface area contributed by atoms with Gasteiger partial charge in [-0.1, -0.05) is 13.0 Å². The Kier molecular flexibility index (Phi) is 6.53. The third kappa shape index (κ3) is 4.59. The summed E-state index contributed by atoms with van der Waals surface area (Å²) in [6.45, 7) is 5.63. The van der Waals surface area contributed by atoms with E-state index in [1.165, 1.54) is 0 Å². The number of rotatable bonds is 8. The summed E-state index contributed by atoms with van der Waals surface area (Å²) in [7, 11) is 1.71. The van der Waals surface area contributed by atoms with Crippen molar-refractivity contribution in [2.75, 3.05) is 26.8 Å². The maximum absolute atomic E-state index is 4.94. The van der Waals surface area contributed by atoms with E-state index in [-0.39, 0.29) is 0 Å². The van der Waals surface area contributed by atoms with E-state index in [1.807, 2.05) is 16.9 Å². The van der Waals surface area contributed by atoms with Crippen LogP contribution in [0.2, 0.25) is 0 Å². The van der Waals surface area contributed by atoms with Crippen molar-refractivity contribution in [1.29, 1.82) is 0 Å². The van der Waals surface area contributed by atoms with Gasteiger partial charge >= 0.3 is 0 Å². The molecule has 0 unspecified atom stereocenters. The smallest absolute Gasteiger partial charge is 0.0607 e. The molecule has 1 N–H and O–H groups in total. The molecular weight excluding hydrogens is 202 g/mol. The van der Waals surface area contributed by atoms with Gasteiger partial charge in [-0.15, -0.1) is 0 Å². The van der Waals surface area contributed by atoms with E-state index in [4.69, 9.17) is 4.74 Å². The predicted molar refractivity (Wildman–Crippen MR) is 66.3 cm³/mol. The van der Waals surface area contributed by atoms with Gasteiger partial charge in [-0.05, 0) is 18.6 Å². The monoisotopic (exact) mass is 223 g/mol. The lowest BCUT2D eigenvalue weighted by atomic mass is 10.3. The van der Waals surface area contributed by atoms with Gasteiger partial charge in [-0.3, -0.25) is 4.68 Å². The van der Waals surface area contributed by atoms with Crippen LogP contribution >= 0.6 is 0 Å². The number of hydrogen-bond acceptors (Lipinski definition) is 3. The van der Waals surface area contributed by atoms with Crippen LogP contribution < -0.4 is 5.32 Å². The first-order valence-electron chi connectivity index (χ1n) is 5.76. The highest BCUT2D eigenvalue weighted by Gasteiger charge is 1.95. The molecule has 4 heteroatoms. The van der Waals surface area contributed by atoms with Crippen molar-refractivity contribution < 1.29 is 4.74 Å². The highest BCUT2D eigenvalue weighted by atomic mass is 16.5. The first kappa shape index (κ1) is 12.9. The van der Waals surface area contributed by atoms with Gasteiger partial charge in [0.1, 0.15) is 0 Å². The molecule has 16 heavy (non-hydrogen) atoms. The molecule has 1 rings (SSSR count). The van der Waals surface area contributed by atoms with Gasteiger partial charge in [0.2, 0.25) is 0 Å². The van der Waals surface area contributed by atoms with E-state index in [9.17, 15) is 0 Å². The summed E-state index contributed by atoms with van der Waals surface area (Å²) >= 11 is 0. The maximum Gasteiger partial charge on any atom is 0.0607 e. The molecule has 0 aromatic carbocycles. The molecule has 0 aliphatic carbocycles. The van der Waals surface area contributed by atoms with Gasteiger partial charge in [0, 0.05) is 32.9 Å². The number of hydrogen-bond donors (Lipinski definition) is 1. The first-order chi connectivity index (χ1) is 7.88. The van der Waals surface area contributed by atoms with Crippen molar-refractivity contribution in [3.63, 3.8) is 0 Å². The van der Waals surface area contributed by atoms with Gasteiger partial charge in [0.05, 0.1) is 12.3 Å². The zero-order chi connectivity index (χ0) is 11.6. The van der Waals surface area contributed by atoms with Crippen LogP contribution in [0.3, 0.4) is 0 Å². The second-order valence-electron chi connectivity index (χ2n) is 3.58. The summed E-state index contributed by atoms with van der Waals surface area (Å²) in [4.78, 5) is 0. The SMILES string of the molecule is CCCn1nccc1/C=C/CNCCOC. The summed E-state index contributed by atoms with van der Waals surface area (Å²) in [5, 5.41) is 7.52. The zero-order valence-electron chi connectivity index (χ0n) is 10.1. The zero-order valence-corrected chi connectivity index (χ0v) is 10.1. The van der Waals surface area contributed by atoms with E-state index >= 15 is 0 Å². The average molecular weight is 223 g/mol. The number of aromatic nitrogens is 2. The minimum atomic E-state index is 0.752. The van der Waals surface area contributed by atoms with E-state index in [0.717, 1.165) is 38.4 Å². The molecule has 0 aliphatic heterocycles. The van der Waals surface area contributed by atoms with Crippen LogP contribution in [0.5, 0.6) is 0 Å². The van der Waals surface area contributed by atoms with Crippen molar-refractivity contribution in [2.45, 2.75) is 19.9 Å². The Labute approximate surface area is 97.3 Å². The molecular formula is C12H21N3O. The lowest BCUT2D eigenvalue weighted by molar-refractivity contribution is 0.200. The fourth-order valence-electron chi connectivity index (χ4n) is 1.42. The van der Waals surface area contributed by atoms with Crippen LogP contribution in [0.15, 0.2) is 18.3 Å².